The summed E-state index contributed by atoms with van der Waals surface area (Å²) in [6.07, 6.45) is 0. The van der Waals surface area contributed by atoms with E-state index in [9.17, 15) is 9.59 Å². The average Bonchev–Trinajstić information content (AvgIpc) is 2.66. The van der Waals surface area contributed by atoms with Gasteiger partial charge in [-0.1, -0.05) is 0 Å². The van der Waals surface area contributed by atoms with Crippen LogP contribution in [0.2, 0.25) is 0 Å². The highest BCUT2D eigenvalue weighted by Gasteiger charge is 2.24. The molecule has 138 valence electrons. The standard InChI is InChI=1S/C19H21NO6/c1-11(21)14-10-15(24-3)17(25-4)18(26-5)16(14)20-19(22)12-6-8-13(23-2)9-7-12/h6-10H,1-5H3,(H,20,22). The molecule has 0 unspecified atom stereocenters. The molecule has 2 rings (SSSR count). The lowest BCUT2D eigenvalue weighted by Crippen LogP contribution is -2.16. The lowest BCUT2D eigenvalue weighted by atomic mass is 10.1. The maximum atomic E-state index is 12.6. The maximum absolute atomic E-state index is 12.6. The third-order valence-corrected chi connectivity index (χ3v) is 3.80. The number of methoxy groups -OCH3 is 4. The van der Waals surface area contributed by atoms with Crippen molar-refractivity contribution in [3.8, 4) is 23.0 Å². The van der Waals surface area contributed by atoms with Crippen LogP contribution in [0.4, 0.5) is 5.69 Å². The van der Waals surface area contributed by atoms with Crippen molar-refractivity contribution in [2.24, 2.45) is 0 Å². The van der Waals surface area contributed by atoms with E-state index in [0.29, 0.717) is 17.1 Å². The van der Waals surface area contributed by atoms with Crippen LogP contribution in [0.25, 0.3) is 0 Å². The molecule has 0 saturated carbocycles. The molecule has 0 heterocycles. The molecule has 0 atom stereocenters. The first-order chi connectivity index (χ1) is 12.5. The van der Waals surface area contributed by atoms with Crippen molar-refractivity contribution in [1.82, 2.24) is 0 Å². The molecule has 0 aliphatic rings. The van der Waals surface area contributed by atoms with E-state index in [1.807, 2.05) is 0 Å². The number of ether oxygens (including phenoxy) is 4. The van der Waals surface area contributed by atoms with Crippen molar-refractivity contribution in [1.29, 1.82) is 0 Å². The minimum absolute atomic E-state index is 0.207. The molecule has 2 aromatic carbocycles. The van der Waals surface area contributed by atoms with Gasteiger partial charge in [0.2, 0.25) is 5.75 Å². The molecule has 0 aromatic heterocycles. The minimum atomic E-state index is -0.402. The highest BCUT2D eigenvalue weighted by molar-refractivity contribution is 6.11. The summed E-state index contributed by atoms with van der Waals surface area (Å²) in [5, 5.41) is 2.73. The number of amides is 1. The summed E-state index contributed by atoms with van der Waals surface area (Å²) in [5.74, 6) is 0.797. The van der Waals surface area contributed by atoms with E-state index in [4.69, 9.17) is 18.9 Å². The van der Waals surface area contributed by atoms with Crippen molar-refractivity contribution < 1.29 is 28.5 Å². The van der Waals surface area contributed by atoms with E-state index in [1.54, 1.807) is 31.4 Å². The second-order valence-corrected chi connectivity index (χ2v) is 5.31. The Kier molecular flexibility index (Phi) is 6.06. The van der Waals surface area contributed by atoms with Gasteiger partial charge in [-0.25, -0.2) is 0 Å². The highest BCUT2D eigenvalue weighted by Crippen LogP contribution is 2.45. The van der Waals surface area contributed by atoms with Gasteiger partial charge in [-0.3, -0.25) is 9.59 Å². The number of benzene rings is 2. The number of ketones is 1. The van der Waals surface area contributed by atoms with Gasteiger partial charge in [-0.2, -0.15) is 0 Å². The molecule has 0 bridgehead atoms. The molecule has 1 N–H and O–H groups in total. The number of hydrogen-bond donors (Lipinski definition) is 1. The Morgan fingerprint density at radius 1 is 0.846 bits per heavy atom. The van der Waals surface area contributed by atoms with Crippen molar-refractivity contribution in [2.45, 2.75) is 6.92 Å². The lowest BCUT2D eigenvalue weighted by molar-refractivity contribution is 0.101. The third-order valence-electron chi connectivity index (χ3n) is 3.80. The predicted molar refractivity (Wildman–Crippen MR) is 97.0 cm³/mol. The van der Waals surface area contributed by atoms with E-state index in [0.717, 1.165) is 0 Å². The Morgan fingerprint density at radius 3 is 1.92 bits per heavy atom. The van der Waals surface area contributed by atoms with E-state index in [2.05, 4.69) is 5.32 Å². The van der Waals surface area contributed by atoms with Crippen LogP contribution in [0, 0.1) is 0 Å². The first-order valence-electron chi connectivity index (χ1n) is 7.76. The number of Topliss-reactive ketones (excluding diaryl/α,β-unsaturated/α-hetero) is 1. The molecule has 2 aromatic rings. The molecule has 0 aliphatic carbocycles. The van der Waals surface area contributed by atoms with E-state index >= 15 is 0 Å². The Bertz CT molecular complexity index is 814. The Hall–Kier alpha value is -3.22. The van der Waals surface area contributed by atoms with Crippen LogP contribution >= 0.6 is 0 Å². The predicted octanol–water partition coefficient (Wildman–Crippen LogP) is 3.18. The number of carbonyl (C=O) groups excluding carboxylic acids is 2. The van der Waals surface area contributed by atoms with Gasteiger partial charge in [0.05, 0.1) is 34.1 Å². The molecule has 0 aliphatic heterocycles. The van der Waals surface area contributed by atoms with Crippen LogP contribution < -0.4 is 24.3 Å². The fourth-order valence-corrected chi connectivity index (χ4v) is 2.49. The second-order valence-electron chi connectivity index (χ2n) is 5.31. The number of rotatable bonds is 7. The Balaban J connectivity index is 2.52. The van der Waals surface area contributed by atoms with Crippen LogP contribution in [0.1, 0.15) is 27.6 Å². The SMILES string of the molecule is COc1ccc(C(=O)Nc2c(C(C)=O)cc(OC)c(OC)c2OC)cc1. The van der Waals surface area contributed by atoms with Crippen molar-refractivity contribution >= 4 is 17.4 Å². The van der Waals surface area contributed by atoms with Crippen molar-refractivity contribution in [3.05, 3.63) is 41.5 Å². The van der Waals surface area contributed by atoms with Crippen LogP contribution in [-0.2, 0) is 0 Å². The normalized spacial score (nSPS) is 10.0. The van der Waals surface area contributed by atoms with Crippen LogP contribution in [0.3, 0.4) is 0 Å². The van der Waals surface area contributed by atoms with Crippen LogP contribution in [0.15, 0.2) is 30.3 Å². The van der Waals surface area contributed by atoms with Crippen LogP contribution in [0.5, 0.6) is 23.0 Å². The smallest absolute Gasteiger partial charge is 0.255 e. The Labute approximate surface area is 151 Å². The number of anilines is 1. The first-order valence-corrected chi connectivity index (χ1v) is 7.76. The quantitative estimate of drug-likeness (QED) is 0.765. The third kappa shape index (κ3) is 3.72. The number of hydrogen-bond acceptors (Lipinski definition) is 6. The Morgan fingerprint density at radius 2 is 1.46 bits per heavy atom. The summed E-state index contributed by atoms with van der Waals surface area (Å²) in [6.45, 7) is 1.39. The van der Waals surface area contributed by atoms with Gasteiger partial charge in [-0.15, -0.1) is 0 Å². The zero-order chi connectivity index (χ0) is 19.3. The van der Waals surface area contributed by atoms with Crippen molar-refractivity contribution in [3.63, 3.8) is 0 Å². The number of carbonyl (C=O) groups is 2. The van der Waals surface area contributed by atoms with Gasteiger partial charge in [0, 0.05) is 11.1 Å². The second kappa shape index (κ2) is 8.24. The molecule has 0 spiro atoms. The fraction of sp³-hybridized carbons (Fsp3) is 0.263. The van der Waals surface area contributed by atoms with Gasteiger partial charge in [0.1, 0.15) is 5.75 Å². The van der Waals surface area contributed by atoms with E-state index in [1.165, 1.54) is 34.3 Å². The average molecular weight is 359 g/mol. The molecule has 7 heteroatoms. The van der Waals surface area contributed by atoms with Crippen LogP contribution in [-0.4, -0.2) is 40.1 Å². The van der Waals surface area contributed by atoms with Gasteiger partial charge in [-0.05, 0) is 37.3 Å². The van der Waals surface area contributed by atoms with Gasteiger partial charge in [0.25, 0.3) is 5.91 Å². The monoisotopic (exact) mass is 359 g/mol. The maximum Gasteiger partial charge on any atom is 0.255 e. The van der Waals surface area contributed by atoms with Gasteiger partial charge >= 0.3 is 0 Å². The molecular formula is C19H21NO6. The van der Waals surface area contributed by atoms with Crippen molar-refractivity contribution in [2.75, 3.05) is 33.8 Å². The summed E-state index contributed by atoms with van der Waals surface area (Å²) in [7, 11) is 5.87. The summed E-state index contributed by atoms with van der Waals surface area (Å²) < 4.78 is 21.0. The molecule has 1 amide bonds. The van der Waals surface area contributed by atoms with Gasteiger partial charge in [0.15, 0.2) is 17.3 Å². The summed E-state index contributed by atoms with van der Waals surface area (Å²) in [4.78, 5) is 24.7. The fourth-order valence-electron chi connectivity index (χ4n) is 2.49. The summed E-state index contributed by atoms with van der Waals surface area (Å²) >= 11 is 0. The first kappa shape index (κ1) is 19.1. The molecular weight excluding hydrogens is 338 g/mol. The molecule has 0 radical (unpaired) electrons. The zero-order valence-corrected chi connectivity index (χ0v) is 15.3. The highest BCUT2D eigenvalue weighted by atomic mass is 16.5. The van der Waals surface area contributed by atoms with E-state index in [-0.39, 0.29) is 28.5 Å². The molecule has 0 saturated heterocycles. The molecule has 0 fully saturated rings. The summed E-state index contributed by atoms with van der Waals surface area (Å²) in [5.41, 5.74) is 0.872. The molecule has 26 heavy (non-hydrogen) atoms. The minimum Gasteiger partial charge on any atom is -0.497 e. The molecule has 7 nitrogen and oxygen atoms in total. The van der Waals surface area contributed by atoms with E-state index < -0.39 is 5.91 Å². The van der Waals surface area contributed by atoms with Gasteiger partial charge < -0.3 is 24.3 Å². The largest absolute Gasteiger partial charge is 0.497 e. The number of nitrogens with one attached hydrogen (secondary N) is 1. The topological polar surface area (TPSA) is 83.1 Å². The summed E-state index contributed by atoms with van der Waals surface area (Å²) in [6, 6.07) is 8.09. The zero-order valence-electron chi connectivity index (χ0n) is 15.3. The lowest BCUT2D eigenvalue weighted by Gasteiger charge is -2.19.